The molecule has 0 spiro atoms. The Hall–Kier alpha value is -1.82. The van der Waals surface area contributed by atoms with Crippen LogP contribution in [0.2, 0.25) is 0 Å². The number of hydrogen-bond acceptors (Lipinski definition) is 5. The largest absolute Gasteiger partial charge is 0.340 e. The molecule has 1 aliphatic heterocycles. The molecule has 0 saturated carbocycles. The number of aryl methyl sites for hydroxylation is 1. The summed E-state index contributed by atoms with van der Waals surface area (Å²) in [6.45, 7) is 2.36. The van der Waals surface area contributed by atoms with Gasteiger partial charge in [0.05, 0.1) is 0 Å². The van der Waals surface area contributed by atoms with Crippen LogP contribution in [0.5, 0.6) is 0 Å². The average molecular weight is 289 g/mol. The Kier molecular flexibility index (Phi) is 3.48. The molecule has 2 aromatic rings. The number of carbonyl (C=O) groups is 1. The van der Waals surface area contributed by atoms with Crippen molar-refractivity contribution >= 4 is 23.4 Å². The number of rotatable bonds is 3. The van der Waals surface area contributed by atoms with Gasteiger partial charge in [-0.2, -0.15) is 4.98 Å². The van der Waals surface area contributed by atoms with Crippen LogP contribution < -0.4 is 4.90 Å². The lowest BCUT2D eigenvalue weighted by atomic mass is 10.1. The third-order valence-electron chi connectivity index (χ3n) is 3.40. The van der Waals surface area contributed by atoms with Crippen LogP contribution in [0.3, 0.4) is 0 Å². The third-order valence-corrected chi connectivity index (χ3v) is 4.12. The predicted molar refractivity (Wildman–Crippen MR) is 77.0 cm³/mol. The first-order valence-corrected chi connectivity index (χ1v) is 7.64. The second-order valence-electron chi connectivity index (χ2n) is 4.78. The molecule has 0 bridgehead atoms. The van der Waals surface area contributed by atoms with Crippen molar-refractivity contribution in [2.75, 3.05) is 17.7 Å². The fourth-order valence-corrected chi connectivity index (χ4v) is 2.84. The summed E-state index contributed by atoms with van der Waals surface area (Å²) in [5.41, 5.74) is 0.935. The zero-order valence-corrected chi connectivity index (χ0v) is 12.2. The predicted octanol–water partition coefficient (Wildman–Crippen LogP) is 2.62. The molecule has 6 heteroatoms. The van der Waals surface area contributed by atoms with E-state index in [0.717, 1.165) is 10.6 Å². The van der Waals surface area contributed by atoms with Gasteiger partial charge in [0.2, 0.25) is 11.8 Å². The number of amides is 1. The van der Waals surface area contributed by atoms with Crippen LogP contribution in [0.15, 0.2) is 33.7 Å². The number of aromatic nitrogens is 2. The van der Waals surface area contributed by atoms with Gasteiger partial charge in [-0.15, -0.1) is 11.8 Å². The van der Waals surface area contributed by atoms with E-state index in [1.165, 1.54) is 0 Å². The van der Waals surface area contributed by atoms with Gasteiger partial charge in [-0.25, -0.2) is 0 Å². The van der Waals surface area contributed by atoms with E-state index in [-0.39, 0.29) is 11.8 Å². The van der Waals surface area contributed by atoms with Crippen LogP contribution in [0.1, 0.15) is 24.1 Å². The zero-order valence-electron chi connectivity index (χ0n) is 11.4. The van der Waals surface area contributed by atoms with Gasteiger partial charge >= 0.3 is 0 Å². The molecule has 20 heavy (non-hydrogen) atoms. The van der Waals surface area contributed by atoms with E-state index in [4.69, 9.17) is 4.52 Å². The van der Waals surface area contributed by atoms with Crippen molar-refractivity contribution < 1.29 is 9.32 Å². The second-order valence-corrected chi connectivity index (χ2v) is 5.66. The molecule has 0 N–H and O–H groups in total. The molecule has 3 rings (SSSR count). The van der Waals surface area contributed by atoms with Gasteiger partial charge in [0.15, 0.2) is 5.82 Å². The number of thioether (sulfide) groups is 1. The lowest BCUT2D eigenvalue weighted by Crippen LogP contribution is -2.24. The van der Waals surface area contributed by atoms with Crippen LogP contribution in [-0.4, -0.2) is 28.8 Å². The van der Waals surface area contributed by atoms with E-state index in [1.807, 2.05) is 30.5 Å². The Balaban J connectivity index is 1.83. The topological polar surface area (TPSA) is 59.2 Å². The van der Waals surface area contributed by atoms with Crippen molar-refractivity contribution in [3.05, 3.63) is 36.0 Å². The molecule has 1 atom stereocenters. The Morgan fingerprint density at radius 1 is 1.45 bits per heavy atom. The molecular weight excluding hydrogens is 274 g/mol. The first-order chi connectivity index (χ1) is 9.67. The summed E-state index contributed by atoms with van der Waals surface area (Å²) in [7, 11) is 0. The van der Waals surface area contributed by atoms with Crippen molar-refractivity contribution in [2.24, 2.45) is 0 Å². The molecular formula is C14H15N3O2S. The summed E-state index contributed by atoms with van der Waals surface area (Å²) >= 11 is 1.67. The maximum absolute atomic E-state index is 12.2. The minimum absolute atomic E-state index is 0.0119. The molecule has 1 aromatic heterocycles. The van der Waals surface area contributed by atoms with Crippen LogP contribution in [0.25, 0.3) is 0 Å². The lowest BCUT2D eigenvalue weighted by Gasteiger charge is -2.16. The summed E-state index contributed by atoms with van der Waals surface area (Å²) in [4.78, 5) is 19.4. The molecule has 0 aliphatic carbocycles. The fourth-order valence-electron chi connectivity index (χ4n) is 2.39. The Morgan fingerprint density at radius 3 is 3.00 bits per heavy atom. The number of carbonyl (C=O) groups excluding carboxylic acids is 1. The first-order valence-electron chi connectivity index (χ1n) is 6.42. The highest BCUT2D eigenvalue weighted by molar-refractivity contribution is 7.98. The Labute approximate surface area is 121 Å². The fraction of sp³-hybridized carbons (Fsp3) is 0.357. The van der Waals surface area contributed by atoms with Gasteiger partial charge in [0, 0.05) is 36.4 Å². The van der Waals surface area contributed by atoms with E-state index in [0.29, 0.717) is 24.7 Å². The summed E-state index contributed by atoms with van der Waals surface area (Å²) in [6.07, 6.45) is 2.46. The average Bonchev–Trinajstić information content (AvgIpc) is 3.05. The van der Waals surface area contributed by atoms with Crippen molar-refractivity contribution in [2.45, 2.75) is 24.2 Å². The third kappa shape index (κ3) is 2.43. The van der Waals surface area contributed by atoms with Gasteiger partial charge in [0.25, 0.3) is 0 Å². The minimum Gasteiger partial charge on any atom is -0.340 e. The molecule has 0 radical (unpaired) electrons. The summed E-state index contributed by atoms with van der Waals surface area (Å²) in [5, 5.41) is 3.92. The molecule has 1 aliphatic rings. The first kappa shape index (κ1) is 13.2. The maximum atomic E-state index is 12.2. The van der Waals surface area contributed by atoms with Gasteiger partial charge < -0.3 is 9.42 Å². The number of benzene rings is 1. The normalized spacial score (nSPS) is 18.8. The highest BCUT2D eigenvalue weighted by Gasteiger charge is 2.34. The smallest absolute Gasteiger partial charge is 0.227 e. The number of anilines is 1. The zero-order chi connectivity index (χ0) is 14.1. The van der Waals surface area contributed by atoms with E-state index in [2.05, 4.69) is 10.1 Å². The van der Waals surface area contributed by atoms with E-state index in [9.17, 15) is 4.79 Å². The highest BCUT2D eigenvalue weighted by atomic mass is 32.2. The lowest BCUT2D eigenvalue weighted by molar-refractivity contribution is -0.117. The summed E-state index contributed by atoms with van der Waals surface area (Å²) < 4.78 is 5.00. The van der Waals surface area contributed by atoms with Crippen LogP contribution >= 0.6 is 11.8 Å². The highest BCUT2D eigenvalue weighted by Crippen LogP contribution is 2.31. The SMILES string of the molecule is CSc1cccc(N2CC(c3noc(C)n3)CC2=O)c1. The van der Waals surface area contributed by atoms with Crippen molar-refractivity contribution in [3.63, 3.8) is 0 Å². The van der Waals surface area contributed by atoms with E-state index < -0.39 is 0 Å². The molecule has 1 unspecified atom stereocenters. The molecule has 104 valence electrons. The van der Waals surface area contributed by atoms with Crippen molar-refractivity contribution in [3.8, 4) is 0 Å². The molecule has 5 nitrogen and oxygen atoms in total. The minimum atomic E-state index is 0.0119. The standard InChI is InChI=1S/C14H15N3O2S/c1-9-15-14(16-19-9)10-6-13(18)17(8-10)11-4-3-5-12(7-11)20-2/h3-5,7,10H,6,8H2,1-2H3. The van der Waals surface area contributed by atoms with Gasteiger partial charge in [-0.05, 0) is 24.5 Å². The van der Waals surface area contributed by atoms with Gasteiger partial charge in [-0.1, -0.05) is 11.2 Å². The monoisotopic (exact) mass is 289 g/mol. The molecule has 1 saturated heterocycles. The Bertz CT molecular complexity index is 641. The van der Waals surface area contributed by atoms with Crippen molar-refractivity contribution in [1.29, 1.82) is 0 Å². The maximum Gasteiger partial charge on any atom is 0.227 e. The molecule has 2 heterocycles. The van der Waals surface area contributed by atoms with Crippen LogP contribution in [0, 0.1) is 6.92 Å². The molecule has 1 fully saturated rings. The molecule has 1 aromatic carbocycles. The second kappa shape index (κ2) is 5.28. The van der Waals surface area contributed by atoms with Crippen LogP contribution in [-0.2, 0) is 4.79 Å². The van der Waals surface area contributed by atoms with E-state index >= 15 is 0 Å². The number of nitrogens with zero attached hydrogens (tertiary/aromatic N) is 3. The quantitative estimate of drug-likeness (QED) is 0.813. The number of hydrogen-bond donors (Lipinski definition) is 0. The Morgan fingerprint density at radius 2 is 2.30 bits per heavy atom. The summed E-state index contributed by atoms with van der Waals surface area (Å²) in [6, 6.07) is 8.00. The van der Waals surface area contributed by atoms with Gasteiger partial charge in [-0.3, -0.25) is 4.79 Å². The van der Waals surface area contributed by atoms with Crippen LogP contribution in [0.4, 0.5) is 5.69 Å². The molecule has 1 amide bonds. The summed E-state index contributed by atoms with van der Waals surface area (Å²) in [5.74, 6) is 1.28. The van der Waals surface area contributed by atoms with Gasteiger partial charge in [0.1, 0.15) is 0 Å². The van der Waals surface area contributed by atoms with E-state index in [1.54, 1.807) is 23.6 Å². The van der Waals surface area contributed by atoms with Crippen molar-refractivity contribution in [1.82, 2.24) is 10.1 Å².